The highest BCUT2D eigenvalue weighted by atomic mass is 16.5. The topological polar surface area (TPSA) is 54.6 Å². The predicted molar refractivity (Wildman–Crippen MR) is 87.6 cm³/mol. The fourth-order valence-corrected chi connectivity index (χ4v) is 2.21. The molecule has 2 aromatic rings. The Hall–Kier alpha value is -1.62. The van der Waals surface area contributed by atoms with Gasteiger partial charge in [0, 0.05) is 18.8 Å². The SMILES string of the molecule is CCOCCCNCc1ccc(-c2ccc([C@H](C)O)cc2)o1. The van der Waals surface area contributed by atoms with Crippen LogP contribution in [0.2, 0.25) is 0 Å². The average molecular weight is 303 g/mol. The summed E-state index contributed by atoms with van der Waals surface area (Å²) in [5.74, 6) is 1.77. The predicted octanol–water partition coefficient (Wildman–Crippen LogP) is 3.52. The van der Waals surface area contributed by atoms with E-state index >= 15 is 0 Å². The van der Waals surface area contributed by atoms with Crippen molar-refractivity contribution in [3.63, 3.8) is 0 Å². The average Bonchev–Trinajstić information content (AvgIpc) is 3.00. The molecule has 4 heteroatoms. The number of hydrogen-bond donors (Lipinski definition) is 2. The van der Waals surface area contributed by atoms with E-state index in [0.717, 1.165) is 55.4 Å². The maximum atomic E-state index is 9.52. The first-order valence-electron chi connectivity index (χ1n) is 7.86. The lowest BCUT2D eigenvalue weighted by Crippen LogP contribution is -2.15. The molecule has 1 heterocycles. The number of rotatable bonds is 9. The molecule has 1 aromatic heterocycles. The minimum Gasteiger partial charge on any atom is -0.460 e. The van der Waals surface area contributed by atoms with Crippen LogP contribution in [-0.4, -0.2) is 24.9 Å². The molecule has 0 unspecified atom stereocenters. The Labute approximate surface area is 132 Å². The second kappa shape index (κ2) is 8.73. The highest BCUT2D eigenvalue weighted by molar-refractivity contribution is 5.58. The molecule has 1 atom stereocenters. The molecule has 0 bridgehead atoms. The number of furan rings is 1. The van der Waals surface area contributed by atoms with Gasteiger partial charge in [-0.05, 0) is 44.5 Å². The third kappa shape index (κ3) is 4.98. The standard InChI is InChI=1S/C18H25NO3/c1-3-21-12-4-11-19-13-17-9-10-18(22-17)16-7-5-15(6-8-16)14(2)20/h5-10,14,19-20H,3-4,11-13H2,1-2H3/t14-/m0/s1. The van der Waals surface area contributed by atoms with Crippen molar-refractivity contribution in [3.05, 3.63) is 47.7 Å². The van der Waals surface area contributed by atoms with Gasteiger partial charge in [0.15, 0.2) is 0 Å². The number of nitrogens with one attached hydrogen (secondary N) is 1. The van der Waals surface area contributed by atoms with Crippen LogP contribution in [0.5, 0.6) is 0 Å². The van der Waals surface area contributed by atoms with Crippen LogP contribution in [-0.2, 0) is 11.3 Å². The molecule has 0 aliphatic heterocycles. The van der Waals surface area contributed by atoms with Crippen molar-refractivity contribution < 1.29 is 14.3 Å². The van der Waals surface area contributed by atoms with Gasteiger partial charge in [-0.25, -0.2) is 0 Å². The molecule has 0 radical (unpaired) electrons. The molecule has 4 nitrogen and oxygen atoms in total. The first-order valence-corrected chi connectivity index (χ1v) is 7.86. The lowest BCUT2D eigenvalue weighted by atomic mass is 10.1. The van der Waals surface area contributed by atoms with Gasteiger partial charge >= 0.3 is 0 Å². The van der Waals surface area contributed by atoms with Crippen molar-refractivity contribution >= 4 is 0 Å². The van der Waals surface area contributed by atoms with E-state index in [1.807, 2.05) is 43.3 Å². The fourth-order valence-electron chi connectivity index (χ4n) is 2.21. The molecular formula is C18H25NO3. The van der Waals surface area contributed by atoms with E-state index in [1.54, 1.807) is 6.92 Å². The van der Waals surface area contributed by atoms with Crippen LogP contribution in [0.3, 0.4) is 0 Å². The minimum atomic E-state index is -0.443. The number of benzene rings is 1. The van der Waals surface area contributed by atoms with Crippen molar-refractivity contribution in [1.82, 2.24) is 5.32 Å². The Balaban J connectivity index is 1.83. The lowest BCUT2D eigenvalue weighted by molar-refractivity contribution is 0.144. The van der Waals surface area contributed by atoms with E-state index < -0.39 is 6.10 Å². The first-order chi connectivity index (χ1) is 10.7. The Bertz CT molecular complexity index is 546. The zero-order chi connectivity index (χ0) is 15.8. The Morgan fingerprint density at radius 2 is 1.95 bits per heavy atom. The minimum absolute atomic E-state index is 0.443. The van der Waals surface area contributed by atoms with Crippen LogP contribution in [0.4, 0.5) is 0 Å². The van der Waals surface area contributed by atoms with Crippen LogP contribution in [0.1, 0.15) is 37.7 Å². The monoisotopic (exact) mass is 303 g/mol. The molecule has 22 heavy (non-hydrogen) atoms. The van der Waals surface area contributed by atoms with E-state index in [9.17, 15) is 5.11 Å². The van der Waals surface area contributed by atoms with Gasteiger partial charge in [0.05, 0.1) is 12.6 Å². The Morgan fingerprint density at radius 3 is 2.64 bits per heavy atom. The second-order valence-corrected chi connectivity index (χ2v) is 5.29. The maximum absolute atomic E-state index is 9.52. The van der Waals surface area contributed by atoms with Crippen LogP contribution in [0.15, 0.2) is 40.8 Å². The normalized spacial score (nSPS) is 12.5. The van der Waals surface area contributed by atoms with Crippen LogP contribution in [0.25, 0.3) is 11.3 Å². The number of hydrogen-bond acceptors (Lipinski definition) is 4. The van der Waals surface area contributed by atoms with E-state index in [-0.39, 0.29) is 0 Å². The molecule has 2 N–H and O–H groups in total. The zero-order valence-corrected chi connectivity index (χ0v) is 13.3. The molecule has 1 aromatic carbocycles. The highest BCUT2D eigenvalue weighted by Crippen LogP contribution is 2.24. The summed E-state index contributed by atoms with van der Waals surface area (Å²) in [7, 11) is 0. The summed E-state index contributed by atoms with van der Waals surface area (Å²) in [5, 5.41) is 12.9. The van der Waals surface area contributed by atoms with Crippen LogP contribution in [0, 0.1) is 0 Å². The van der Waals surface area contributed by atoms with Gasteiger partial charge < -0.3 is 19.6 Å². The summed E-state index contributed by atoms with van der Waals surface area (Å²) in [4.78, 5) is 0. The van der Waals surface area contributed by atoms with Gasteiger partial charge in [0.2, 0.25) is 0 Å². The van der Waals surface area contributed by atoms with Gasteiger partial charge in [0.1, 0.15) is 11.5 Å². The lowest BCUT2D eigenvalue weighted by Gasteiger charge is -2.05. The molecule has 0 amide bonds. The number of ether oxygens (including phenoxy) is 1. The van der Waals surface area contributed by atoms with Gasteiger partial charge in [-0.3, -0.25) is 0 Å². The largest absolute Gasteiger partial charge is 0.460 e. The summed E-state index contributed by atoms with van der Waals surface area (Å²) in [6.07, 6.45) is 0.560. The third-order valence-corrected chi connectivity index (χ3v) is 3.48. The second-order valence-electron chi connectivity index (χ2n) is 5.29. The van der Waals surface area contributed by atoms with Gasteiger partial charge in [-0.2, -0.15) is 0 Å². The van der Waals surface area contributed by atoms with E-state index in [4.69, 9.17) is 9.15 Å². The molecule has 0 fully saturated rings. The molecule has 2 rings (SSSR count). The Morgan fingerprint density at radius 1 is 1.18 bits per heavy atom. The van der Waals surface area contributed by atoms with Gasteiger partial charge in [0.25, 0.3) is 0 Å². The molecule has 120 valence electrons. The first kappa shape index (κ1) is 16.7. The number of aliphatic hydroxyl groups is 1. The van der Waals surface area contributed by atoms with Crippen molar-refractivity contribution in [3.8, 4) is 11.3 Å². The molecule has 0 spiro atoms. The fraction of sp³-hybridized carbons (Fsp3) is 0.444. The van der Waals surface area contributed by atoms with Gasteiger partial charge in [-0.1, -0.05) is 24.3 Å². The third-order valence-electron chi connectivity index (χ3n) is 3.48. The van der Waals surface area contributed by atoms with Gasteiger partial charge in [-0.15, -0.1) is 0 Å². The molecule has 0 saturated carbocycles. The molecular weight excluding hydrogens is 278 g/mol. The Kier molecular flexibility index (Phi) is 6.65. The van der Waals surface area contributed by atoms with E-state index in [2.05, 4.69) is 5.32 Å². The molecule has 0 aliphatic rings. The zero-order valence-electron chi connectivity index (χ0n) is 13.3. The summed E-state index contributed by atoms with van der Waals surface area (Å²) in [5.41, 5.74) is 1.93. The quantitative estimate of drug-likeness (QED) is 0.696. The smallest absolute Gasteiger partial charge is 0.134 e. The molecule has 0 saturated heterocycles. The van der Waals surface area contributed by atoms with Crippen molar-refractivity contribution in [2.45, 2.75) is 32.9 Å². The van der Waals surface area contributed by atoms with Crippen molar-refractivity contribution in [2.24, 2.45) is 0 Å². The molecule has 0 aliphatic carbocycles. The van der Waals surface area contributed by atoms with Crippen molar-refractivity contribution in [2.75, 3.05) is 19.8 Å². The summed E-state index contributed by atoms with van der Waals surface area (Å²) >= 11 is 0. The van der Waals surface area contributed by atoms with E-state index in [1.165, 1.54) is 0 Å². The van der Waals surface area contributed by atoms with E-state index in [0.29, 0.717) is 0 Å². The summed E-state index contributed by atoms with van der Waals surface area (Å²) in [6, 6.07) is 11.8. The van der Waals surface area contributed by atoms with Crippen LogP contribution < -0.4 is 5.32 Å². The maximum Gasteiger partial charge on any atom is 0.134 e. The summed E-state index contributed by atoms with van der Waals surface area (Å²) < 4.78 is 11.1. The van der Waals surface area contributed by atoms with Crippen molar-refractivity contribution in [1.29, 1.82) is 0 Å². The summed E-state index contributed by atoms with van der Waals surface area (Å²) in [6.45, 7) is 6.97. The number of aliphatic hydroxyl groups excluding tert-OH is 1. The van der Waals surface area contributed by atoms with Crippen LogP contribution >= 0.6 is 0 Å². The highest BCUT2D eigenvalue weighted by Gasteiger charge is 2.06.